The van der Waals surface area contributed by atoms with Crippen molar-refractivity contribution in [1.82, 2.24) is 10.2 Å². The van der Waals surface area contributed by atoms with E-state index in [9.17, 15) is 9.59 Å². The first-order chi connectivity index (χ1) is 9.92. The molecule has 1 unspecified atom stereocenters. The second kappa shape index (κ2) is 11.4. The lowest BCUT2D eigenvalue weighted by molar-refractivity contribution is -0.137. The zero-order chi connectivity index (χ0) is 16.3. The lowest BCUT2D eigenvalue weighted by Crippen LogP contribution is -2.44. The number of carboxylic acids is 1. The first kappa shape index (κ1) is 19.7. The van der Waals surface area contributed by atoms with Crippen molar-refractivity contribution in [1.29, 1.82) is 0 Å². The molecule has 0 heterocycles. The quantitative estimate of drug-likeness (QED) is 0.613. The SMILES string of the molecule is CCCC(CCNC(=O)N(CCC)C(C)C)CCC(=O)O. The maximum atomic E-state index is 12.1. The third-order valence-corrected chi connectivity index (χ3v) is 3.64. The predicted molar refractivity (Wildman–Crippen MR) is 85.4 cm³/mol. The van der Waals surface area contributed by atoms with Crippen LogP contribution in [0.3, 0.4) is 0 Å². The van der Waals surface area contributed by atoms with Gasteiger partial charge in [0.2, 0.25) is 0 Å². The van der Waals surface area contributed by atoms with E-state index in [0.29, 0.717) is 18.9 Å². The van der Waals surface area contributed by atoms with E-state index in [1.807, 2.05) is 18.7 Å². The second-order valence-electron chi connectivity index (χ2n) is 5.89. The molecule has 5 heteroatoms. The molecular formula is C16H32N2O3. The fourth-order valence-corrected chi connectivity index (χ4v) is 2.49. The molecule has 0 rings (SSSR count). The van der Waals surface area contributed by atoms with Gasteiger partial charge in [-0.15, -0.1) is 0 Å². The molecule has 0 fully saturated rings. The number of urea groups is 1. The van der Waals surface area contributed by atoms with Crippen LogP contribution in [0.4, 0.5) is 4.79 Å². The van der Waals surface area contributed by atoms with Crippen LogP contribution in [0.2, 0.25) is 0 Å². The summed E-state index contributed by atoms with van der Waals surface area (Å²) in [5.41, 5.74) is 0. The number of carbonyl (C=O) groups is 2. The van der Waals surface area contributed by atoms with Gasteiger partial charge in [0.15, 0.2) is 0 Å². The third-order valence-electron chi connectivity index (χ3n) is 3.64. The predicted octanol–water partition coefficient (Wildman–Crippen LogP) is 3.49. The Hall–Kier alpha value is -1.26. The van der Waals surface area contributed by atoms with Gasteiger partial charge in [0, 0.05) is 25.6 Å². The van der Waals surface area contributed by atoms with Gasteiger partial charge in [0.25, 0.3) is 0 Å². The van der Waals surface area contributed by atoms with Crippen LogP contribution in [0.5, 0.6) is 0 Å². The molecule has 0 radical (unpaired) electrons. The van der Waals surface area contributed by atoms with Gasteiger partial charge in [-0.25, -0.2) is 4.79 Å². The van der Waals surface area contributed by atoms with Crippen LogP contribution in [-0.2, 0) is 4.79 Å². The highest BCUT2D eigenvalue weighted by Crippen LogP contribution is 2.17. The van der Waals surface area contributed by atoms with Gasteiger partial charge < -0.3 is 15.3 Å². The number of rotatable bonds is 11. The Morgan fingerprint density at radius 1 is 1.10 bits per heavy atom. The van der Waals surface area contributed by atoms with Gasteiger partial charge in [-0.05, 0) is 39.0 Å². The molecule has 0 saturated heterocycles. The van der Waals surface area contributed by atoms with Crippen LogP contribution < -0.4 is 5.32 Å². The van der Waals surface area contributed by atoms with E-state index in [4.69, 9.17) is 5.11 Å². The molecule has 5 nitrogen and oxygen atoms in total. The molecule has 1 atom stereocenters. The minimum Gasteiger partial charge on any atom is -0.481 e. The van der Waals surface area contributed by atoms with E-state index in [1.165, 1.54) is 0 Å². The number of carbonyl (C=O) groups excluding carboxylic acids is 1. The van der Waals surface area contributed by atoms with Crippen LogP contribution in [-0.4, -0.2) is 41.1 Å². The van der Waals surface area contributed by atoms with Gasteiger partial charge in [0.05, 0.1) is 0 Å². The first-order valence-electron chi connectivity index (χ1n) is 8.18. The fraction of sp³-hybridized carbons (Fsp3) is 0.875. The largest absolute Gasteiger partial charge is 0.481 e. The van der Waals surface area contributed by atoms with Gasteiger partial charge >= 0.3 is 12.0 Å². The standard InChI is InChI=1S/C16H32N2O3/c1-5-7-14(8-9-15(19)20)10-11-17-16(21)18(12-6-2)13(3)4/h13-14H,5-12H2,1-4H3,(H,17,21)(H,19,20). The molecule has 0 spiro atoms. The van der Waals surface area contributed by atoms with Crippen molar-refractivity contribution in [2.24, 2.45) is 5.92 Å². The zero-order valence-corrected chi connectivity index (χ0v) is 14.0. The normalized spacial score (nSPS) is 12.2. The number of hydrogen-bond acceptors (Lipinski definition) is 2. The first-order valence-corrected chi connectivity index (χ1v) is 8.18. The van der Waals surface area contributed by atoms with Crippen LogP contribution in [0.15, 0.2) is 0 Å². The molecule has 0 aromatic heterocycles. The molecule has 0 aromatic carbocycles. The molecular weight excluding hydrogens is 268 g/mol. The van der Waals surface area contributed by atoms with E-state index in [-0.39, 0.29) is 18.5 Å². The Balaban J connectivity index is 4.16. The number of hydrogen-bond donors (Lipinski definition) is 2. The summed E-state index contributed by atoms with van der Waals surface area (Å²) < 4.78 is 0. The smallest absolute Gasteiger partial charge is 0.317 e. The van der Waals surface area contributed by atoms with Gasteiger partial charge in [-0.1, -0.05) is 26.7 Å². The third kappa shape index (κ3) is 9.32. The summed E-state index contributed by atoms with van der Waals surface area (Å²) in [5.74, 6) is -0.362. The molecule has 0 saturated carbocycles. The zero-order valence-electron chi connectivity index (χ0n) is 14.0. The van der Waals surface area contributed by atoms with E-state index in [2.05, 4.69) is 19.2 Å². The monoisotopic (exact) mass is 300 g/mol. The van der Waals surface area contributed by atoms with Crippen molar-refractivity contribution in [2.45, 2.75) is 72.3 Å². The number of amides is 2. The Morgan fingerprint density at radius 2 is 1.76 bits per heavy atom. The number of carboxylic acid groups (broad SMARTS) is 1. The van der Waals surface area contributed by atoms with E-state index in [1.54, 1.807) is 0 Å². The molecule has 2 amide bonds. The second-order valence-corrected chi connectivity index (χ2v) is 5.89. The summed E-state index contributed by atoms with van der Waals surface area (Å²) >= 11 is 0. The number of aliphatic carboxylic acids is 1. The average Bonchev–Trinajstić information content (AvgIpc) is 2.41. The molecule has 0 bridgehead atoms. The summed E-state index contributed by atoms with van der Waals surface area (Å²) in [4.78, 5) is 24.6. The summed E-state index contributed by atoms with van der Waals surface area (Å²) in [6, 6.07) is 0.184. The van der Waals surface area contributed by atoms with Crippen molar-refractivity contribution >= 4 is 12.0 Å². The fourth-order valence-electron chi connectivity index (χ4n) is 2.49. The van der Waals surface area contributed by atoms with Crippen LogP contribution in [0, 0.1) is 5.92 Å². The minimum absolute atomic E-state index is 0.0136. The van der Waals surface area contributed by atoms with Crippen molar-refractivity contribution < 1.29 is 14.7 Å². The molecule has 2 N–H and O–H groups in total. The molecule has 21 heavy (non-hydrogen) atoms. The molecule has 124 valence electrons. The van der Waals surface area contributed by atoms with Crippen LogP contribution >= 0.6 is 0 Å². The van der Waals surface area contributed by atoms with Crippen LogP contribution in [0.25, 0.3) is 0 Å². The van der Waals surface area contributed by atoms with Crippen molar-refractivity contribution in [3.8, 4) is 0 Å². The molecule has 0 aliphatic rings. The molecule has 0 aliphatic carbocycles. The maximum absolute atomic E-state index is 12.1. The lowest BCUT2D eigenvalue weighted by Gasteiger charge is -2.27. The summed E-state index contributed by atoms with van der Waals surface area (Å²) in [5, 5.41) is 11.7. The lowest BCUT2D eigenvalue weighted by atomic mass is 9.94. The highest BCUT2D eigenvalue weighted by molar-refractivity contribution is 5.74. The van der Waals surface area contributed by atoms with Gasteiger partial charge in [-0.3, -0.25) is 4.79 Å². The highest BCUT2D eigenvalue weighted by atomic mass is 16.4. The summed E-state index contributed by atoms with van der Waals surface area (Å²) in [6.45, 7) is 9.58. The van der Waals surface area contributed by atoms with Crippen molar-refractivity contribution in [3.63, 3.8) is 0 Å². The minimum atomic E-state index is -0.742. The number of nitrogens with one attached hydrogen (secondary N) is 1. The van der Waals surface area contributed by atoms with Crippen molar-refractivity contribution in [3.05, 3.63) is 0 Å². The molecule has 0 aromatic rings. The van der Waals surface area contributed by atoms with Crippen molar-refractivity contribution in [2.75, 3.05) is 13.1 Å². The Kier molecular flexibility index (Phi) is 10.7. The Morgan fingerprint density at radius 3 is 2.24 bits per heavy atom. The Labute approximate surface area is 129 Å². The summed E-state index contributed by atoms with van der Waals surface area (Å²) in [6.07, 6.45) is 4.78. The maximum Gasteiger partial charge on any atom is 0.317 e. The summed E-state index contributed by atoms with van der Waals surface area (Å²) in [7, 11) is 0. The van der Waals surface area contributed by atoms with E-state index < -0.39 is 5.97 Å². The van der Waals surface area contributed by atoms with Gasteiger partial charge in [-0.2, -0.15) is 0 Å². The van der Waals surface area contributed by atoms with Gasteiger partial charge in [0.1, 0.15) is 0 Å². The van der Waals surface area contributed by atoms with E-state index in [0.717, 1.165) is 32.2 Å². The van der Waals surface area contributed by atoms with Crippen LogP contribution in [0.1, 0.15) is 66.2 Å². The number of nitrogens with zero attached hydrogens (tertiary/aromatic N) is 1. The topological polar surface area (TPSA) is 69.6 Å². The highest BCUT2D eigenvalue weighted by Gasteiger charge is 2.16. The Bertz CT molecular complexity index is 306. The van der Waals surface area contributed by atoms with E-state index >= 15 is 0 Å². The molecule has 0 aliphatic heterocycles. The average molecular weight is 300 g/mol.